The Morgan fingerprint density at radius 3 is 2.14 bits per heavy atom. The van der Waals surface area contributed by atoms with Crippen LogP contribution in [0.15, 0.2) is 24.3 Å². The number of aromatic hydroxyl groups is 1. The van der Waals surface area contributed by atoms with Gasteiger partial charge in [-0.05, 0) is 25.0 Å². The fourth-order valence-electron chi connectivity index (χ4n) is 0.777. The zero-order chi connectivity index (χ0) is 11.0. The van der Waals surface area contributed by atoms with Crippen LogP contribution in [0, 0.1) is 6.92 Å². The number of hydrogen-bond acceptors (Lipinski definition) is 2. The average molecular weight is 196 g/mol. The van der Waals surface area contributed by atoms with Crippen molar-refractivity contribution >= 4 is 5.97 Å². The van der Waals surface area contributed by atoms with Gasteiger partial charge in [-0.3, -0.25) is 4.79 Å². The smallest absolute Gasteiger partial charge is 0.303 e. The molecule has 1 aromatic carbocycles. The van der Waals surface area contributed by atoms with E-state index in [0.717, 1.165) is 12.0 Å². The summed E-state index contributed by atoms with van der Waals surface area (Å²) in [5, 5.41) is 16.8. The molecule has 0 amide bonds. The first kappa shape index (κ1) is 12.5. The molecule has 14 heavy (non-hydrogen) atoms. The quantitative estimate of drug-likeness (QED) is 0.764. The molecule has 0 heterocycles. The maximum Gasteiger partial charge on any atom is 0.303 e. The van der Waals surface area contributed by atoms with Gasteiger partial charge in [0.05, 0.1) is 0 Å². The maximum atomic E-state index is 9.60. The van der Waals surface area contributed by atoms with Crippen molar-refractivity contribution in [2.24, 2.45) is 0 Å². The maximum absolute atomic E-state index is 9.60. The number of carbonyl (C=O) groups is 1. The lowest BCUT2D eigenvalue weighted by atomic mass is 10.2. The Kier molecular flexibility index (Phi) is 6.20. The molecule has 0 saturated carbocycles. The van der Waals surface area contributed by atoms with Crippen LogP contribution in [0.4, 0.5) is 0 Å². The number of carboxylic acid groups (broad SMARTS) is 1. The topological polar surface area (TPSA) is 57.5 Å². The monoisotopic (exact) mass is 196 g/mol. The number of rotatable bonds is 2. The summed E-state index contributed by atoms with van der Waals surface area (Å²) in [7, 11) is 0. The summed E-state index contributed by atoms with van der Waals surface area (Å²) in [6, 6.07) is 7.25. The molecule has 2 N–H and O–H groups in total. The van der Waals surface area contributed by atoms with Gasteiger partial charge in [0.2, 0.25) is 0 Å². The zero-order valence-corrected chi connectivity index (χ0v) is 8.53. The van der Waals surface area contributed by atoms with Crippen LogP contribution < -0.4 is 0 Å². The van der Waals surface area contributed by atoms with Crippen LogP contribution in [0.5, 0.6) is 5.75 Å². The molecule has 0 aliphatic carbocycles. The van der Waals surface area contributed by atoms with Crippen LogP contribution in [0.1, 0.15) is 25.3 Å². The predicted molar refractivity (Wildman–Crippen MR) is 55.4 cm³/mol. The predicted octanol–water partition coefficient (Wildman–Crippen LogP) is 2.57. The lowest BCUT2D eigenvalue weighted by Crippen LogP contribution is -1.90. The van der Waals surface area contributed by atoms with Crippen LogP contribution in [-0.2, 0) is 4.79 Å². The van der Waals surface area contributed by atoms with E-state index in [1.807, 2.05) is 32.0 Å². The van der Waals surface area contributed by atoms with Gasteiger partial charge in [0.1, 0.15) is 5.75 Å². The second-order valence-electron chi connectivity index (χ2n) is 2.93. The summed E-state index contributed by atoms with van der Waals surface area (Å²) in [6.45, 7) is 3.71. The molecule has 0 atom stereocenters. The Morgan fingerprint density at radius 1 is 1.36 bits per heavy atom. The number of aliphatic carboxylic acids is 1. The Labute approximate surface area is 84.0 Å². The molecule has 0 radical (unpaired) electrons. The molecule has 0 spiro atoms. The summed E-state index contributed by atoms with van der Waals surface area (Å²) in [6.07, 6.45) is 1.02. The van der Waals surface area contributed by atoms with Crippen LogP contribution in [0.3, 0.4) is 0 Å². The van der Waals surface area contributed by atoms with Crippen molar-refractivity contribution in [3.8, 4) is 5.75 Å². The fraction of sp³-hybridized carbons (Fsp3) is 0.364. The molecule has 0 saturated heterocycles. The molecule has 3 heteroatoms. The summed E-state index contributed by atoms with van der Waals surface area (Å²) in [4.78, 5) is 9.60. The number of hydrogen-bond donors (Lipinski definition) is 2. The minimum atomic E-state index is -0.711. The molecule has 0 aromatic heterocycles. The van der Waals surface area contributed by atoms with Crippen molar-refractivity contribution in [1.29, 1.82) is 0 Å². The zero-order valence-electron chi connectivity index (χ0n) is 8.53. The minimum Gasteiger partial charge on any atom is -0.508 e. The SMILES string of the molecule is CCCC(=O)O.Cc1ccccc1O. The average Bonchev–Trinajstić information content (AvgIpc) is 2.11. The minimum absolute atomic E-state index is 0.292. The molecule has 1 rings (SSSR count). The van der Waals surface area contributed by atoms with E-state index >= 15 is 0 Å². The molecule has 3 nitrogen and oxygen atoms in total. The van der Waals surface area contributed by atoms with Gasteiger partial charge in [0.25, 0.3) is 0 Å². The van der Waals surface area contributed by atoms with Crippen LogP contribution in [0.2, 0.25) is 0 Å². The highest BCUT2D eigenvalue weighted by Crippen LogP contribution is 2.12. The first-order valence-corrected chi connectivity index (χ1v) is 4.54. The van der Waals surface area contributed by atoms with Crippen molar-refractivity contribution in [2.45, 2.75) is 26.7 Å². The van der Waals surface area contributed by atoms with Crippen molar-refractivity contribution in [2.75, 3.05) is 0 Å². The Morgan fingerprint density at radius 2 is 1.93 bits per heavy atom. The summed E-state index contributed by atoms with van der Waals surface area (Å²) in [5.74, 6) is -0.343. The van der Waals surface area contributed by atoms with Crippen molar-refractivity contribution in [3.05, 3.63) is 29.8 Å². The van der Waals surface area contributed by atoms with E-state index in [2.05, 4.69) is 0 Å². The van der Waals surface area contributed by atoms with E-state index in [0.29, 0.717) is 12.2 Å². The third kappa shape index (κ3) is 6.06. The van der Waals surface area contributed by atoms with Crippen molar-refractivity contribution < 1.29 is 15.0 Å². The molecule has 78 valence electrons. The number of carboxylic acids is 1. The van der Waals surface area contributed by atoms with Gasteiger partial charge in [-0.25, -0.2) is 0 Å². The van der Waals surface area contributed by atoms with Crippen molar-refractivity contribution in [3.63, 3.8) is 0 Å². The normalized spacial score (nSPS) is 8.71. The molecule has 1 aromatic rings. The second kappa shape index (κ2) is 6.95. The molecule has 0 bridgehead atoms. The van der Waals surface area contributed by atoms with Crippen LogP contribution in [0.25, 0.3) is 0 Å². The van der Waals surface area contributed by atoms with Gasteiger partial charge >= 0.3 is 5.97 Å². The molecule has 0 aliphatic rings. The molecule has 0 unspecified atom stereocenters. The van der Waals surface area contributed by atoms with Gasteiger partial charge in [-0.15, -0.1) is 0 Å². The third-order valence-corrected chi connectivity index (χ3v) is 1.58. The number of phenols is 1. The standard InChI is InChI=1S/C7H8O.C4H8O2/c1-6-4-2-3-5-7(6)8;1-2-3-4(5)6/h2-5,8H,1H3;2-3H2,1H3,(H,5,6). The third-order valence-electron chi connectivity index (χ3n) is 1.58. The molecule has 0 fully saturated rings. The van der Waals surface area contributed by atoms with Gasteiger partial charge in [-0.2, -0.15) is 0 Å². The highest BCUT2D eigenvalue weighted by Gasteiger charge is 1.87. The molecular weight excluding hydrogens is 180 g/mol. The van der Waals surface area contributed by atoms with E-state index < -0.39 is 5.97 Å². The second-order valence-corrected chi connectivity index (χ2v) is 2.93. The Hall–Kier alpha value is -1.51. The lowest BCUT2D eigenvalue weighted by Gasteiger charge is -1.92. The largest absolute Gasteiger partial charge is 0.508 e. The van der Waals surface area contributed by atoms with Gasteiger partial charge in [-0.1, -0.05) is 25.1 Å². The summed E-state index contributed by atoms with van der Waals surface area (Å²) >= 11 is 0. The summed E-state index contributed by atoms with van der Waals surface area (Å²) < 4.78 is 0. The first-order chi connectivity index (χ1) is 6.57. The fourth-order valence-corrected chi connectivity index (χ4v) is 0.777. The summed E-state index contributed by atoms with van der Waals surface area (Å²) in [5.41, 5.74) is 0.924. The van der Waals surface area contributed by atoms with Gasteiger partial charge < -0.3 is 10.2 Å². The molecular formula is C11H16O3. The number of benzene rings is 1. The van der Waals surface area contributed by atoms with E-state index in [1.165, 1.54) is 0 Å². The van der Waals surface area contributed by atoms with E-state index in [9.17, 15) is 4.79 Å². The highest BCUT2D eigenvalue weighted by molar-refractivity contribution is 5.66. The Bertz CT molecular complexity index is 261. The first-order valence-electron chi connectivity index (χ1n) is 4.54. The Balaban J connectivity index is 0.000000255. The number of aryl methyl sites for hydroxylation is 1. The molecule has 0 aliphatic heterocycles. The number of para-hydroxylation sites is 1. The number of phenolic OH excluding ortho intramolecular Hbond substituents is 1. The van der Waals surface area contributed by atoms with Gasteiger partial charge in [0, 0.05) is 6.42 Å². The van der Waals surface area contributed by atoms with Crippen LogP contribution in [-0.4, -0.2) is 16.2 Å². The van der Waals surface area contributed by atoms with Crippen molar-refractivity contribution in [1.82, 2.24) is 0 Å². The van der Waals surface area contributed by atoms with Gasteiger partial charge in [0.15, 0.2) is 0 Å². The van der Waals surface area contributed by atoms with Crippen LogP contribution >= 0.6 is 0 Å². The van der Waals surface area contributed by atoms with E-state index in [1.54, 1.807) is 6.07 Å². The van der Waals surface area contributed by atoms with E-state index in [4.69, 9.17) is 10.2 Å². The van der Waals surface area contributed by atoms with E-state index in [-0.39, 0.29) is 0 Å². The lowest BCUT2D eigenvalue weighted by molar-refractivity contribution is -0.137. The highest BCUT2D eigenvalue weighted by atomic mass is 16.4.